The largest absolute Gasteiger partial charge is 0.357 e. The van der Waals surface area contributed by atoms with E-state index in [2.05, 4.69) is 65.6 Å². The van der Waals surface area contributed by atoms with Crippen molar-refractivity contribution in [2.75, 3.05) is 13.1 Å². The number of benzene rings is 1. The standard InChI is InChI=1S/C19H25N5S.HI/c1-4-20-17(21-12-16-13-24-10-11-25-18(24)23-16)22-14-19(2,3)15-8-6-5-7-9-15;/h5-11,13H,4,12,14H2,1-3H3,(H2,20,21,22);1H. The van der Waals surface area contributed by atoms with Crippen LogP contribution in [0.2, 0.25) is 0 Å². The van der Waals surface area contributed by atoms with Gasteiger partial charge in [0, 0.05) is 36.3 Å². The molecule has 3 aromatic rings. The highest BCUT2D eigenvalue weighted by molar-refractivity contribution is 14.0. The van der Waals surface area contributed by atoms with Crippen LogP contribution in [-0.2, 0) is 12.0 Å². The molecule has 1 aromatic carbocycles. The van der Waals surface area contributed by atoms with Crippen LogP contribution in [-0.4, -0.2) is 28.4 Å². The van der Waals surface area contributed by atoms with E-state index in [0.29, 0.717) is 6.54 Å². The SMILES string of the molecule is CCNC(=NCc1cn2ccsc2n1)NCC(C)(C)c1ccccc1.I. The van der Waals surface area contributed by atoms with Gasteiger partial charge in [-0.05, 0) is 12.5 Å². The van der Waals surface area contributed by atoms with Crippen LogP contribution in [0.5, 0.6) is 0 Å². The molecule has 2 heterocycles. The summed E-state index contributed by atoms with van der Waals surface area (Å²) in [6, 6.07) is 10.6. The van der Waals surface area contributed by atoms with Gasteiger partial charge < -0.3 is 10.6 Å². The number of aromatic nitrogens is 2. The average Bonchev–Trinajstić information content (AvgIpc) is 3.20. The average molecular weight is 483 g/mol. The molecular weight excluding hydrogens is 457 g/mol. The minimum absolute atomic E-state index is 0. The predicted molar refractivity (Wildman–Crippen MR) is 121 cm³/mol. The van der Waals surface area contributed by atoms with Gasteiger partial charge in [-0.1, -0.05) is 44.2 Å². The third-order valence-corrected chi connectivity index (χ3v) is 4.91. The van der Waals surface area contributed by atoms with Gasteiger partial charge in [0.05, 0.1) is 12.2 Å². The number of guanidine groups is 1. The zero-order chi connectivity index (χ0) is 17.7. The van der Waals surface area contributed by atoms with Gasteiger partial charge in [-0.25, -0.2) is 9.98 Å². The summed E-state index contributed by atoms with van der Waals surface area (Å²) in [6.45, 7) is 8.75. The molecule has 0 aliphatic rings. The van der Waals surface area contributed by atoms with Gasteiger partial charge in [0.15, 0.2) is 10.9 Å². The Morgan fingerprint density at radius 2 is 2.00 bits per heavy atom. The first-order valence-electron chi connectivity index (χ1n) is 8.57. The molecule has 3 rings (SSSR count). The first-order chi connectivity index (χ1) is 12.1. The summed E-state index contributed by atoms with van der Waals surface area (Å²) in [6.07, 6.45) is 4.05. The summed E-state index contributed by atoms with van der Waals surface area (Å²) in [7, 11) is 0. The highest BCUT2D eigenvalue weighted by Crippen LogP contribution is 2.21. The van der Waals surface area contributed by atoms with Crippen molar-refractivity contribution in [3.63, 3.8) is 0 Å². The smallest absolute Gasteiger partial charge is 0.193 e. The molecule has 2 aromatic heterocycles. The number of nitrogens with zero attached hydrogens (tertiary/aromatic N) is 3. The van der Waals surface area contributed by atoms with Crippen molar-refractivity contribution in [1.29, 1.82) is 0 Å². The molecule has 0 aliphatic heterocycles. The van der Waals surface area contributed by atoms with Gasteiger partial charge in [-0.2, -0.15) is 0 Å². The fourth-order valence-electron chi connectivity index (χ4n) is 2.65. The molecule has 0 unspecified atom stereocenters. The highest BCUT2D eigenvalue weighted by atomic mass is 127. The van der Waals surface area contributed by atoms with Gasteiger partial charge in [0.25, 0.3) is 0 Å². The number of halogens is 1. The van der Waals surface area contributed by atoms with Gasteiger partial charge in [-0.15, -0.1) is 35.3 Å². The molecule has 0 bridgehead atoms. The third kappa shape index (κ3) is 5.20. The summed E-state index contributed by atoms with van der Waals surface area (Å²) < 4.78 is 2.04. The van der Waals surface area contributed by atoms with Crippen molar-refractivity contribution in [3.05, 3.63) is 59.4 Å². The van der Waals surface area contributed by atoms with E-state index in [1.807, 2.05) is 28.2 Å². The van der Waals surface area contributed by atoms with Crippen molar-refractivity contribution >= 4 is 46.2 Å². The molecule has 26 heavy (non-hydrogen) atoms. The van der Waals surface area contributed by atoms with Crippen LogP contribution in [0.15, 0.2) is 53.1 Å². The Labute approximate surface area is 176 Å². The third-order valence-electron chi connectivity index (χ3n) is 4.14. The molecule has 5 nitrogen and oxygen atoms in total. The first-order valence-corrected chi connectivity index (χ1v) is 9.45. The second kappa shape index (κ2) is 9.36. The predicted octanol–water partition coefficient (Wildman–Crippen LogP) is 4.05. The van der Waals surface area contributed by atoms with Crippen LogP contribution in [0.1, 0.15) is 32.0 Å². The number of hydrogen-bond donors (Lipinski definition) is 2. The summed E-state index contributed by atoms with van der Waals surface area (Å²) >= 11 is 1.64. The molecule has 0 saturated heterocycles. The van der Waals surface area contributed by atoms with E-state index in [4.69, 9.17) is 0 Å². The normalized spacial score (nSPS) is 12.0. The van der Waals surface area contributed by atoms with Gasteiger partial charge in [0.1, 0.15) is 0 Å². The molecule has 0 aliphatic carbocycles. The number of aliphatic imine (C=N–C) groups is 1. The molecular formula is C19H26IN5S. The lowest BCUT2D eigenvalue weighted by Crippen LogP contribution is -2.43. The zero-order valence-electron chi connectivity index (χ0n) is 15.4. The van der Waals surface area contributed by atoms with Crippen LogP contribution < -0.4 is 10.6 Å². The minimum Gasteiger partial charge on any atom is -0.357 e. The maximum atomic E-state index is 4.68. The number of imidazole rings is 1. The van der Waals surface area contributed by atoms with E-state index >= 15 is 0 Å². The lowest BCUT2D eigenvalue weighted by atomic mass is 9.85. The quantitative estimate of drug-likeness (QED) is 0.316. The summed E-state index contributed by atoms with van der Waals surface area (Å²) in [5.74, 6) is 0.822. The summed E-state index contributed by atoms with van der Waals surface area (Å²) in [4.78, 5) is 10.3. The Morgan fingerprint density at radius 1 is 1.23 bits per heavy atom. The Bertz CT molecular complexity index is 809. The van der Waals surface area contributed by atoms with E-state index in [9.17, 15) is 0 Å². The number of thiazole rings is 1. The molecule has 0 atom stereocenters. The van der Waals surface area contributed by atoms with E-state index in [1.165, 1.54) is 5.56 Å². The topological polar surface area (TPSA) is 53.7 Å². The summed E-state index contributed by atoms with van der Waals surface area (Å²) in [5.41, 5.74) is 2.31. The lowest BCUT2D eigenvalue weighted by molar-refractivity contribution is 0.508. The maximum absolute atomic E-state index is 4.68. The van der Waals surface area contributed by atoms with Gasteiger partial charge in [0.2, 0.25) is 0 Å². The Kier molecular flexibility index (Phi) is 7.45. The molecule has 0 saturated carbocycles. The van der Waals surface area contributed by atoms with Crippen LogP contribution in [0.3, 0.4) is 0 Å². The molecule has 7 heteroatoms. The van der Waals surface area contributed by atoms with Crippen LogP contribution >= 0.6 is 35.3 Å². The molecule has 0 radical (unpaired) electrons. The number of hydrogen-bond acceptors (Lipinski definition) is 3. The van der Waals surface area contributed by atoms with E-state index in [1.54, 1.807) is 11.3 Å². The van der Waals surface area contributed by atoms with Gasteiger partial charge in [-0.3, -0.25) is 4.40 Å². The second-order valence-electron chi connectivity index (χ2n) is 6.62. The van der Waals surface area contributed by atoms with Crippen molar-refractivity contribution in [3.8, 4) is 0 Å². The maximum Gasteiger partial charge on any atom is 0.193 e. The second-order valence-corrected chi connectivity index (χ2v) is 7.50. The fraction of sp³-hybridized carbons (Fsp3) is 0.368. The number of nitrogens with one attached hydrogen (secondary N) is 2. The Balaban J connectivity index is 0.00000243. The van der Waals surface area contributed by atoms with Crippen molar-refractivity contribution in [2.45, 2.75) is 32.7 Å². The van der Waals surface area contributed by atoms with Crippen LogP contribution in [0, 0.1) is 0 Å². The fourth-order valence-corrected chi connectivity index (χ4v) is 3.37. The molecule has 0 fully saturated rings. The van der Waals surface area contributed by atoms with Crippen molar-refractivity contribution < 1.29 is 0 Å². The first kappa shape index (κ1) is 20.7. The monoisotopic (exact) mass is 483 g/mol. The highest BCUT2D eigenvalue weighted by Gasteiger charge is 2.20. The Hall–Kier alpha value is -1.61. The number of fused-ring (bicyclic) bond motifs is 1. The zero-order valence-corrected chi connectivity index (χ0v) is 18.5. The van der Waals surface area contributed by atoms with Crippen molar-refractivity contribution in [1.82, 2.24) is 20.0 Å². The van der Waals surface area contributed by atoms with E-state index in [-0.39, 0.29) is 29.4 Å². The van der Waals surface area contributed by atoms with E-state index < -0.39 is 0 Å². The van der Waals surface area contributed by atoms with E-state index in [0.717, 1.165) is 29.7 Å². The van der Waals surface area contributed by atoms with Crippen LogP contribution in [0.4, 0.5) is 0 Å². The molecule has 0 amide bonds. The minimum atomic E-state index is 0. The number of rotatable bonds is 6. The lowest BCUT2D eigenvalue weighted by Gasteiger charge is -2.26. The molecule has 0 spiro atoms. The summed E-state index contributed by atoms with van der Waals surface area (Å²) in [5, 5.41) is 8.81. The Morgan fingerprint density at radius 3 is 2.69 bits per heavy atom. The molecule has 140 valence electrons. The van der Waals surface area contributed by atoms with Gasteiger partial charge >= 0.3 is 0 Å². The molecule has 2 N–H and O–H groups in total. The van der Waals surface area contributed by atoms with Crippen LogP contribution in [0.25, 0.3) is 4.96 Å². The van der Waals surface area contributed by atoms with Crippen molar-refractivity contribution in [2.24, 2.45) is 4.99 Å².